The monoisotopic (exact) mass is 851 g/mol. The van der Waals surface area contributed by atoms with Crippen molar-refractivity contribution in [3.05, 3.63) is 105 Å². The molecular weight excluding hydrogens is 789 g/mol. The van der Waals surface area contributed by atoms with Crippen LogP contribution in [0.15, 0.2) is 48.5 Å². The van der Waals surface area contributed by atoms with E-state index in [1.807, 2.05) is 34.6 Å². The normalized spacial score (nSPS) is 14.4. The van der Waals surface area contributed by atoms with E-state index in [0.29, 0.717) is 56.0 Å². The van der Waals surface area contributed by atoms with Crippen molar-refractivity contribution in [1.29, 1.82) is 0 Å². The van der Waals surface area contributed by atoms with Gasteiger partial charge in [-0.2, -0.15) is 0 Å². The van der Waals surface area contributed by atoms with Gasteiger partial charge in [0.2, 0.25) is 0 Å². The summed E-state index contributed by atoms with van der Waals surface area (Å²) in [4.78, 5) is 67.0. The summed E-state index contributed by atoms with van der Waals surface area (Å²) in [7, 11) is 0. The summed E-state index contributed by atoms with van der Waals surface area (Å²) in [6, 6.07) is 10.3. The Morgan fingerprint density at radius 2 is 1.30 bits per heavy atom. The van der Waals surface area contributed by atoms with Crippen LogP contribution in [-0.2, 0) is 11.2 Å². The number of carboxylic acid groups (broad SMARTS) is 2. The molecule has 1 aliphatic rings. The Labute approximate surface area is 358 Å². The number of likely N-dealkylation sites (N-methyl/N-ethyl adjacent to an activating group) is 1. The van der Waals surface area contributed by atoms with Gasteiger partial charge < -0.3 is 40.7 Å². The van der Waals surface area contributed by atoms with Gasteiger partial charge in [-0.15, -0.1) is 0 Å². The lowest BCUT2D eigenvalue weighted by Gasteiger charge is -2.31. The molecule has 334 valence electrons. The van der Waals surface area contributed by atoms with Crippen molar-refractivity contribution in [3.63, 3.8) is 0 Å². The SMILES string of the molecule is CCCN(CCC)C(=O)c1cc(C)cc(C(=O)O)c1.CCCN(CCC)C(=O)c1cc(C)cc(C(=O)O)c1[C@H](CNC[C@@H]1CN(CC)C(=O)O1)[C@@H](N)Cc1cc(F)cc(F)c1. The lowest BCUT2D eigenvalue weighted by atomic mass is 9.81. The summed E-state index contributed by atoms with van der Waals surface area (Å²) < 4.78 is 33.5. The van der Waals surface area contributed by atoms with Crippen LogP contribution >= 0.6 is 0 Å². The fourth-order valence-corrected chi connectivity index (χ4v) is 7.59. The standard InChI is InChI=1S/C31H42F2N4O5.C15H21NO3/c1-5-8-37(9-6-2)29(38)24-10-19(4)11-25(30(39)40)28(24)26(17-35-16-23-18-36(7-3)31(41)42-23)27(34)14-20-12-21(32)15-22(33)13-20;1-4-6-16(7-5-2)14(17)12-8-11(3)9-13(10-12)15(18)19/h10-13,15,23,26-27,35H,5-9,14,16-18,34H2,1-4H3,(H,39,40);8-10H,4-7H2,1-3H3,(H,18,19)/t23-,26-,27+;/m1./s1. The first-order chi connectivity index (χ1) is 29.0. The molecule has 13 nitrogen and oxygen atoms in total. The van der Waals surface area contributed by atoms with Crippen LogP contribution in [-0.4, -0.2) is 119 Å². The second-order valence-corrected chi connectivity index (χ2v) is 15.5. The number of benzene rings is 3. The number of nitrogens with two attached hydrogens (primary N) is 1. The molecule has 3 atom stereocenters. The lowest BCUT2D eigenvalue weighted by Crippen LogP contribution is -2.42. The van der Waals surface area contributed by atoms with Gasteiger partial charge in [0.15, 0.2) is 0 Å². The zero-order chi connectivity index (χ0) is 45.4. The van der Waals surface area contributed by atoms with E-state index in [1.165, 1.54) is 24.3 Å². The number of aromatic carboxylic acids is 2. The number of nitrogens with one attached hydrogen (secondary N) is 1. The Morgan fingerprint density at radius 3 is 1.80 bits per heavy atom. The van der Waals surface area contributed by atoms with Gasteiger partial charge in [-0.1, -0.05) is 27.7 Å². The van der Waals surface area contributed by atoms with Crippen molar-refractivity contribution in [2.45, 2.75) is 98.6 Å². The molecule has 0 radical (unpaired) electrons. The Balaban J connectivity index is 0.000000436. The van der Waals surface area contributed by atoms with Gasteiger partial charge in [0.1, 0.15) is 17.7 Å². The van der Waals surface area contributed by atoms with Gasteiger partial charge >= 0.3 is 18.0 Å². The number of carbonyl (C=O) groups is 5. The number of nitrogens with zero attached hydrogens (tertiary/aromatic N) is 3. The van der Waals surface area contributed by atoms with E-state index in [-0.39, 0.29) is 53.6 Å². The van der Waals surface area contributed by atoms with E-state index in [1.54, 1.807) is 46.7 Å². The molecule has 4 rings (SSSR count). The maximum absolute atomic E-state index is 14.0. The summed E-state index contributed by atoms with van der Waals surface area (Å²) in [5, 5.41) is 22.6. The van der Waals surface area contributed by atoms with Gasteiger partial charge in [-0.05, 0) is 118 Å². The largest absolute Gasteiger partial charge is 0.478 e. The average Bonchev–Trinajstić information content (AvgIpc) is 3.57. The second-order valence-electron chi connectivity index (χ2n) is 15.5. The van der Waals surface area contributed by atoms with Crippen LogP contribution in [0.3, 0.4) is 0 Å². The topological polar surface area (TPSA) is 183 Å². The van der Waals surface area contributed by atoms with Crippen LogP contribution in [0.4, 0.5) is 13.6 Å². The first kappa shape index (κ1) is 49.9. The molecule has 0 spiro atoms. The third kappa shape index (κ3) is 14.3. The maximum atomic E-state index is 14.0. The first-order valence-electron chi connectivity index (χ1n) is 21.2. The predicted octanol–water partition coefficient (Wildman–Crippen LogP) is 7.27. The molecular formula is C46H63F2N5O8. The van der Waals surface area contributed by atoms with Crippen molar-refractivity contribution in [3.8, 4) is 0 Å². The number of hydrogen-bond donors (Lipinski definition) is 4. The lowest BCUT2D eigenvalue weighted by molar-refractivity contribution is 0.0683. The molecule has 0 saturated carbocycles. The van der Waals surface area contributed by atoms with E-state index in [4.69, 9.17) is 15.6 Å². The summed E-state index contributed by atoms with van der Waals surface area (Å²) >= 11 is 0. The van der Waals surface area contributed by atoms with Crippen molar-refractivity contribution in [2.24, 2.45) is 5.73 Å². The second kappa shape index (κ2) is 24.1. The molecule has 61 heavy (non-hydrogen) atoms. The van der Waals surface area contributed by atoms with E-state index < -0.39 is 47.7 Å². The molecule has 5 N–H and O–H groups in total. The zero-order valence-corrected chi connectivity index (χ0v) is 36.6. The highest BCUT2D eigenvalue weighted by Crippen LogP contribution is 2.31. The number of carboxylic acids is 2. The highest BCUT2D eigenvalue weighted by Gasteiger charge is 2.34. The van der Waals surface area contributed by atoms with Gasteiger partial charge in [-0.25, -0.2) is 23.2 Å². The van der Waals surface area contributed by atoms with Crippen LogP contribution in [0.5, 0.6) is 0 Å². The summed E-state index contributed by atoms with van der Waals surface area (Å²) in [6.07, 6.45) is 2.43. The molecule has 1 aliphatic heterocycles. The molecule has 15 heteroatoms. The van der Waals surface area contributed by atoms with Crippen molar-refractivity contribution in [1.82, 2.24) is 20.0 Å². The molecule has 3 aromatic carbocycles. The molecule has 3 amide bonds. The van der Waals surface area contributed by atoms with Crippen LogP contribution in [0.25, 0.3) is 0 Å². The number of carbonyl (C=O) groups excluding carboxylic acids is 3. The van der Waals surface area contributed by atoms with Crippen LogP contribution < -0.4 is 11.1 Å². The Kier molecular flexibility index (Phi) is 19.8. The number of hydrogen-bond acceptors (Lipinski definition) is 8. The van der Waals surface area contributed by atoms with E-state index in [9.17, 15) is 37.9 Å². The zero-order valence-electron chi connectivity index (χ0n) is 36.6. The van der Waals surface area contributed by atoms with E-state index >= 15 is 0 Å². The van der Waals surface area contributed by atoms with Gasteiger partial charge in [0.25, 0.3) is 11.8 Å². The highest BCUT2D eigenvalue weighted by molar-refractivity contribution is 6.01. The number of cyclic esters (lactones) is 1. The third-order valence-electron chi connectivity index (χ3n) is 10.3. The van der Waals surface area contributed by atoms with Gasteiger partial charge in [0.05, 0.1) is 17.7 Å². The number of ether oxygens (including phenoxy) is 1. The van der Waals surface area contributed by atoms with Crippen LogP contribution in [0.2, 0.25) is 0 Å². The molecule has 1 fully saturated rings. The third-order valence-corrected chi connectivity index (χ3v) is 10.3. The molecule has 0 unspecified atom stereocenters. The summed E-state index contributed by atoms with van der Waals surface area (Å²) in [5.74, 6) is -4.84. The predicted molar refractivity (Wildman–Crippen MR) is 230 cm³/mol. The fourth-order valence-electron chi connectivity index (χ4n) is 7.59. The first-order valence-corrected chi connectivity index (χ1v) is 21.2. The molecule has 1 heterocycles. The fraction of sp³-hybridized carbons (Fsp3) is 0.500. The van der Waals surface area contributed by atoms with E-state index in [2.05, 4.69) is 5.32 Å². The average molecular weight is 852 g/mol. The highest BCUT2D eigenvalue weighted by atomic mass is 19.1. The Morgan fingerprint density at radius 1 is 0.770 bits per heavy atom. The smallest absolute Gasteiger partial charge is 0.410 e. The van der Waals surface area contributed by atoms with E-state index in [0.717, 1.165) is 37.3 Å². The number of aryl methyl sites for hydroxylation is 2. The minimum atomic E-state index is -1.21. The molecule has 0 aliphatic carbocycles. The minimum Gasteiger partial charge on any atom is -0.478 e. The number of halogens is 2. The molecule has 1 saturated heterocycles. The molecule has 0 aromatic heterocycles. The van der Waals surface area contributed by atoms with Crippen molar-refractivity contribution < 1.29 is 47.7 Å². The van der Waals surface area contributed by atoms with Gasteiger partial charge in [-0.3, -0.25) is 9.59 Å². The Hall–Kier alpha value is -5.41. The summed E-state index contributed by atoms with van der Waals surface area (Å²) in [6.45, 7) is 17.1. The summed E-state index contributed by atoms with van der Waals surface area (Å²) in [5.41, 5.74) is 9.50. The van der Waals surface area contributed by atoms with Gasteiger partial charge in [0, 0.05) is 75.0 Å². The minimum absolute atomic E-state index is 0.0251. The number of rotatable bonds is 21. The Bertz CT molecular complexity index is 1960. The van der Waals surface area contributed by atoms with Crippen molar-refractivity contribution >= 4 is 29.8 Å². The molecule has 0 bridgehead atoms. The maximum Gasteiger partial charge on any atom is 0.410 e. The molecule has 3 aromatic rings. The quantitative estimate of drug-likeness (QED) is 0.0851. The van der Waals surface area contributed by atoms with Crippen molar-refractivity contribution in [2.75, 3.05) is 52.4 Å². The number of amides is 3. The van der Waals surface area contributed by atoms with Crippen LogP contribution in [0.1, 0.15) is 130 Å². The van der Waals surface area contributed by atoms with Crippen LogP contribution in [0, 0.1) is 25.5 Å².